The Morgan fingerprint density at radius 3 is 1.81 bits per heavy atom. The quantitative estimate of drug-likeness (QED) is 0.184. The molecular formula is C49H32N4O. The molecule has 5 heteroatoms. The summed E-state index contributed by atoms with van der Waals surface area (Å²) in [7, 11) is 0. The Hall–Kier alpha value is -6.98. The van der Waals surface area contributed by atoms with Crippen LogP contribution in [0.3, 0.4) is 0 Å². The van der Waals surface area contributed by atoms with Crippen molar-refractivity contribution in [2.45, 2.75) is 18.3 Å². The highest BCUT2D eigenvalue weighted by Crippen LogP contribution is 2.62. The minimum atomic E-state index is -0.534. The number of nitrogens with zero attached hydrogens (tertiary/aromatic N) is 4. The summed E-state index contributed by atoms with van der Waals surface area (Å²) >= 11 is 0. The molecule has 0 N–H and O–H groups in total. The van der Waals surface area contributed by atoms with Gasteiger partial charge in [0.2, 0.25) is 0 Å². The first-order valence-corrected chi connectivity index (χ1v) is 18.4. The van der Waals surface area contributed by atoms with Crippen LogP contribution in [0.4, 0.5) is 0 Å². The van der Waals surface area contributed by atoms with Crippen molar-refractivity contribution >= 4 is 10.9 Å². The summed E-state index contributed by atoms with van der Waals surface area (Å²) in [6.07, 6.45) is 8.41. The van der Waals surface area contributed by atoms with Crippen LogP contribution in [0.25, 0.3) is 67.3 Å². The number of ether oxygens (including phenoxy) is 1. The highest BCUT2D eigenvalue weighted by atomic mass is 16.5. The maximum atomic E-state index is 6.74. The third-order valence-electron chi connectivity index (χ3n) is 11.1. The highest BCUT2D eigenvalue weighted by molar-refractivity contribution is 5.94. The molecular weight excluding hydrogens is 661 g/mol. The number of allylic oxidation sites excluding steroid dienone is 3. The van der Waals surface area contributed by atoms with E-state index in [1.807, 2.05) is 42.6 Å². The minimum Gasteiger partial charge on any atom is -0.457 e. The molecule has 6 aromatic carbocycles. The molecule has 8 aromatic rings. The van der Waals surface area contributed by atoms with Crippen LogP contribution in [0.15, 0.2) is 181 Å². The van der Waals surface area contributed by atoms with Gasteiger partial charge in [0, 0.05) is 45.0 Å². The summed E-state index contributed by atoms with van der Waals surface area (Å²) in [5.41, 5.74) is 12.7. The molecule has 0 unspecified atom stereocenters. The Bertz CT molecular complexity index is 2810. The third kappa shape index (κ3) is 4.58. The van der Waals surface area contributed by atoms with Gasteiger partial charge in [-0.1, -0.05) is 133 Å². The van der Waals surface area contributed by atoms with Crippen molar-refractivity contribution in [1.29, 1.82) is 0 Å². The number of rotatable bonds is 4. The molecule has 0 saturated carbocycles. The minimum absolute atomic E-state index is 0.534. The van der Waals surface area contributed by atoms with E-state index in [0.717, 1.165) is 68.6 Å². The molecule has 1 aliphatic heterocycles. The second-order valence-corrected chi connectivity index (χ2v) is 14.0. The number of fused-ring (bicyclic) bond motifs is 10. The fourth-order valence-corrected chi connectivity index (χ4v) is 8.70. The first kappa shape index (κ1) is 30.6. The zero-order chi connectivity index (χ0) is 35.6. The van der Waals surface area contributed by atoms with Crippen molar-refractivity contribution in [2.75, 3.05) is 0 Å². The third-order valence-corrected chi connectivity index (χ3v) is 11.1. The van der Waals surface area contributed by atoms with Crippen LogP contribution < -0.4 is 4.74 Å². The van der Waals surface area contributed by atoms with E-state index in [0.29, 0.717) is 17.5 Å². The standard InChI is InChI=1S/C49H32N4O/c1-2-12-33(13-3-1)46-51-47(34-25-23-31(24-26-34)36-18-10-14-32-15-11-29-50-45(32)36)53-48(52-46)35-27-28-44-42(30-35)49(41-21-8-9-22-43(41)54-44)39-19-6-4-16-37(39)38-17-5-7-20-40(38)49/h1-7,10-30H,8-9H2. The lowest BCUT2D eigenvalue weighted by Gasteiger charge is -2.42. The molecule has 1 spiro atoms. The van der Waals surface area contributed by atoms with Gasteiger partial charge in [-0.2, -0.15) is 0 Å². The van der Waals surface area contributed by atoms with Crippen LogP contribution in [0.5, 0.6) is 5.75 Å². The summed E-state index contributed by atoms with van der Waals surface area (Å²) in [6.45, 7) is 0. The summed E-state index contributed by atoms with van der Waals surface area (Å²) in [5.74, 6) is 3.65. The maximum absolute atomic E-state index is 6.74. The van der Waals surface area contributed by atoms with E-state index < -0.39 is 5.41 Å². The van der Waals surface area contributed by atoms with Gasteiger partial charge in [-0.25, -0.2) is 15.0 Å². The first-order chi connectivity index (χ1) is 26.8. The smallest absolute Gasteiger partial charge is 0.164 e. The van der Waals surface area contributed by atoms with Crippen LogP contribution in [0.2, 0.25) is 0 Å². The topological polar surface area (TPSA) is 60.8 Å². The summed E-state index contributed by atoms with van der Waals surface area (Å²) in [6, 6.07) is 53.1. The van der Waals surface area contributed by atoms with Gasteiger partial charge in [-0.15, -0.1) is 0 Å². The molecule has 2 aliphatic carbocycles. The number of hydrogen-bond acceptors (Lipinski definition) is 5. The summed E-state index contributed by atoms with van der Waals surface area (Å²) in [5, 5.41) is 1.11. The number of hydrogen-bond donors (Lipinski definition) is 0. The van der Waals surface area contributed by atoms with Crippen LogP contribution in [0.1, 0.15) is 29.5 Å². The zero-order valence-electron chi connectivity index (χ0n) is 29.3. The maximum Gasteiger partial charge on any atom is 0.164 e. The average Bonchev–Trinajstić information content (AvgIpc) is 3.54. The predicted octanol–water partition coefficient (Wildman–Crippen LogP) is 11.4. The lowest BCUT2D eigenvalue weighted by atomic mass is 9.64. The van der Waals surface area contributed by atoms with Gasteiger partial charge in [-0.3, -0.25) is 4.98 Å². The Morgan fingerprint density at radius 2 is 1.06 bits per heavy atom. The van der Waals surface area contributed by atoms with Crippen LogP contribution >= 0.6 is 0 Å². The second kappa shape index (κ2) is 12.0. The molecule has 254 valence electrons. The predicted molar refractivity (Wildman–Crippen MR) is 215 cm³/mol. The molecule has 0 saturated heterocycles. The summed E-state index contributed by atoms with van der Waals surface area (Å²) < 4.78 is 6.74. The van der Waals surface area contributed by atoms with Crippen LogP contribution in [-0.2, 0) is 5.41 Å². The highest BCUT2D eigenvalue weighted by Gasteiger charge is 2.52. The van der Waals surface area contributed by atoms with Gasteiger partial charge >= 0.3 is 0 Å². The average molecular weight is 693 g/mol. The number of para-hydroxylation sites is 1. The van der Waals surface area contributed by atoms with Crippen molar-refractivity contribution in [3.63, 3.8) is 0 Å². The monoisotopic (exact) mass is 692 g/mol. The Balaban J connectivity index is 1.10. The van der Waals surface area contributed by atoms with E-state index in [2.05, 4.69) is 132 Å². The number of benzene rings is 6. The first-order valence-electron chi connectivity index (χ1n) is 18.4. The second-order valence-electron chi connectivity index (χ2n) is 14.0. The van der Waals surface area contributed by atoms with Gasteiger partial charge in [0.05, 0.1) is 10.9 Å². The molecule has 11 rings (SSSR count). The fraction of sp³-hybridized carbons (Fsp3) is 0.0612. The molecule has 0 amide bonds. The van der Waals surface area contributed by atoms with Crippen LogP contribution in [-0.4, -0.2) is 19.9 Å². The van der Waals surface area contributed by atoms with Crippen LogP contribution in [0, 0.1) is 0 Å². The van der Waals surface area contributed by atoms with E-state index in [9.17, 15) is 0 Å². The molecule has 0 bridgehead atoms. The van der Waals surface area contributed by atoms with Crippen molar-refractivity contribution in [1.82, 2.24) is 19.9 Å². The lowest BCUT2D eigenvalue weighted by molar-refractivity contribution is 0.383. The van der Waals surface area contributed by atoms with Gasteiger partial charge < -0.3 is 4.74 Å². The van der Waals surface area contributed by atoms with Gasteiger partial charge in [0.15, 0.2) is 17.5 Å². The zero-order valence-corrected chi connectivity index (χ0v) is 29.3. The van der Waals surface area contributed by atoms with E-state index in [1.54, 1.807) is 0 Å². The van der Waals surface area contributed by atoms with E-state index >= 15 is 0 Å². The molecule has 0 radical (unpaired) electrons. The Morgan fingerprint density at radius 1 is 0.463 bits per heavy atom. The molecule has 2 aromatic heterocycles. The molecule has 5 nitrogen and oxygen atoms in total. The van der Waals surface area contributed by atoms with Crippen molar-refractivity contribution in [3.05, 3.63) is 198 Å². The number of pyridine rings is 1. The number of aromatic nitrogens is 4. The van der Waals surface area contributed by atoms with Crippen molar-refractivity contribution in [3.8, 4) is 62.2 Å². The largest absolute Gasteiger partial charge is 0.457 e. The molecule has 0 fully saturated rings. The molecule has 3 aliphatic rings. The van der Waals surface area contributed by atoms with E-state index in [4.69, 9.17) is 19.7 Å². The SMILES string of the molecule is C1=C2Oc3ccc(-c4nc(-c5ccccc5)nc(-c5ccc(-c6cccc7cccnc67)cc5)n4)cc3C3(C2=CCC1)c1ccccc1-c1ccccc13. The Kier molecular flexibility index (Phi) is 6.83. The normalized spacial score (nSPS) is 14.7. The van der Waals surface area contributed by atoms with Crippen molar-refractivity contribution < 1.29 is 4.74 Å². The van der Waals surface area contributed by atoms with Gasteiger partial charge in [0.25, 0.3) is 0 Å². The lowest BCUT2D eigenvalue weighted by Crippen LogP contribution is -2.36. The van der Waals surface area contributed by atoms with E-state index in [-0.39, 0.29) is 0 Å². The molecule has 54 heavy (non-hydrogen) atoms. The van der Waals surface area contributed by atoms with Gasteiger partial charge in [-0.05, 0) is 71.0 Å². The fourth-order valence-electron chi connectivity index (χ4n) is 8.70. The van der Waals surface area contributed by atoms with Gasteiger partial charge in [0.1, 0.15) is 11.5 Å². The molecule has 0 atom stereocenters. The Labute approximate surface area is 313 Å². The van der Waals surface area contributed by atoms with Crippen molar-refractivity contribution in [2.24, 2.45) is 0 Å². The molecule has 3 heterocycles. The summed E-state index contributed by atoms with van der Waals surface area (Å²) in [4.78, 5) is 20.1. The van der Waals surface area contributed by atoms with E-state index in [1.165, 1.54) is 27.8 Å².